The predicted octanol–water partition coefficient (Wildman–Crippen LogP) is 1.99. The number of nitrogens with one attached hydrogen (secondary N) is 1. The quantitative estimate of drug-likeness (QED) is 0.903. The fourth-order valence-electron chi connectivity index (χ4n) is 3.02. The number of hydrogen-bond donors (Lipinski definition) is 1. The van der Waals surface area contributed by atoms with Crippen molar-refractivity contribution in [3.63, 3.8) is 0 Å². The molecule has 0 aromatic heterocycles. The number of carbonyl (C=O) groups excluding carboxylic acids is 2. The Labute approximate surface area is 138 Å². The van der Waals surface area contributed by atoms with Gasteiger partial charge in [-0.1, -0.05) is 13.0 Å². The van der Waals surface area contributed by atoms with Crippen LogP contribution in [0.25, 0.3) is 0 Å². The molecule has 1 heterocycles. The van der Waals surface area contributed by atoms with Crippen molar-refractivity contribution in [1.29, 1.82) is 0 Å². The van der Waals surface area contributed by atoms with Crippen molar-refractivity contribution < 1.29 is 9.59 Å². The van der Waals surface area contributed by atoms with E-state index in [2.05, 4.69) is 12.2 Å². The zero-order valence-corrected chi connectivity index (χ0v) is 14.3. The van der Waals surface area contributed by atoms with E-state index >= 15 is 0 Å². The minimum Gasteiger partial charge on any atom is -0.345 e. The van der Waals surface area contributed by atoms with Crippen molar-refractivity contribution in [3.8, 4) is 0 Å². The van der Waals surface area contributed by atoms with Gasteiger partial charge in [-0.3, -0.25) is 9.59 Å². The first-order valence-electron chi connectivity index (χ1n) is 8.38. The second-order valence-electron chi connectivity index (χ2n) is 6.26. The number of carbonyl (C=O) groups is 2. The molecule has 126 valence electrons. The molecule has 1 aromatic rings. The van der Waals surface area contributed by atoms with Gasteiger partial charge in [0.15, 0.2) is 0 Å². The molecule has 0 aliphatic carbocycles. The van der Waals surface area contributed by atoms with E-state index in [0.29, 0.717) is 11.1 Å². The zero-order chi connectivity index (χ0) is 16.8. The predicted molar refractivity (Wildman–Crippen MR) is 91.7 cm³/mol. The van der Waals surface area contributed by atoms with Gasteiger partial charge in [0, 0.05) is 37.8 Å². The summed E-state index contributed by atoms with van der Waals surface area (Å²) in [5.74, 6) is -0.0456. The van der Waals surface area contributed by atoms with Gasteiger partial charge in [0.2, 0.25) is 0 Å². The summed E-state index contributed by atoms with van der Waals surface area (Å²) in [6.45, 7) is 4.76. The van der Waals surface area contributed by atoms with Crippen LogP contribution in [0.4, 0.5) is 0 Å². The Morgan fingerprint density at radius 2 is 1.74 bits per heavy atom. The lowest BCUT2D eigenvalue weighted by Gasteiger charge is -2.34. The van der Waals surface area contributed by atoms with Gasteiger partial charge in [-0.05, 0) is 50.6 Å². The summed E-state index contributed by atoms with van der Waals surface area (Å²) in [6, 6.07) is 7.36. The second-order valence-corrected chi connectivity index (χ2v) is 6.26. The van der Waals surface area contributed by atoms with Crippen LogP contribution >= 0.6 is 0 Å². The molecule has 2 rings (SSSR count). The summed E-state index contributed by atoms with van der Waals surface area (Å²) >= 11 is 0. The summed E-state index contributed by atoms with van der Waals surface area (Å²) in [6.07, 6.45) is 2.91. The van der Waals surface area contributed by atoms with E-state index < -0.39 is 0 Å². The van der Waals surface area contributed by atoms with Gasteiger partial charge in [0.05, 0.1) is 0 Å². The summed E-state index contributed by atoms with van der Waals surface area (Å²) in [4.78, 5) is 28.6. The molecule has 1 aromatic carbocycles. The van der Waals surface area contributed by atoms with Crippen molar-refractivity contribution in [2.75, 3.05) is 33.7 Å². The minimum atomic E-state index is -0.0800. The van der Waals surface area contributed by atoms with E-state index in [4.69, 9.17) is 0 Å². The average molecular weight is 317 g/mol. The van der Waals surface area contributed by atoms with E-state index in [1.54, 1.807) is 38.4 Å². The molecule has 1 fully saturated rings. The van der Waals surface area contributed by atoms with Crippen molar-refractivity contribution in [2.45, 2.75) is 32.2 Å². The van der Waals surface area contributed by atoms with Crippen LogP contribution in [0, 0.1) is 0 Å². The smallest absolute Gasteiger partial charge is 0.254 e. The maximum atomic E-state index is 13.0. The van der Waals surface area contributed by atoms with E-state index in [9.17, 15) is 9.59 Å². The molecule has 23 heavy (non-hydrogen) atoms. The van der Waals surface area contributed by atoms with Crippen LogP contribution in [-0.4, -0.2) is 61.4 Å². The van der Waals surface area contributed by atoms with Crippen LogP contribution < -0.4 is 5.32 Å². The molecule has 1 saturated heterocycles. The monoisotopic (exact) mass is 317 g/mol. The Hall–Kier alpha value is -1.88. The lowest BCUT2D eigenvalue weighted by molar-refractivity contribution is 0.0642. The number of nitrogens with zero attached hydrogens (tertiary/aromatic N) is 2. The highest BCUT2D eigenvalue weighted by Gasteiger charge is 2.26. The van der Waals surface area contributed by atoms with E-state index in [1.807, 2.05) is 4.90 Å². The minimum absolute atomic E-state index is 0.0344. The molecule has 0 spiro atoms. The van der Waals surface area contributed by atoms with Gasteiger partial charge in [-0.15, -0.1) is 0 Å². The summed E-state index contributed by atoms with van der Waals surface area (Å²) in [7, 11) is 3.44. The molecule has 5 heteroatoms. The van der Waals surface area contributed by atoms with Crippen molar-refractivity contribution in [3.05, 3.63) is 35.4 Å². The normalized spacial score (nSPS) is 15.3. The van der Waals surface area contributed by atoms with Crippen LogP contribution in [0.3, 0.4) is 0 Å². The molecule has 0 saturated carbocycles. The second kappa shape index (κ2) is 8.11. The highest BCUT2D eigenvalue weighted by atomic mass is 16.2. The van der Waals surface area contributed by atoms with E-state index in [0.717, 1.165) is 38.9 Å². The lowest BCUT2D eigenvalue weighted by Crippen LogP contribution is -2.46. The maximum Gasteiger partial charge on any atom is 0.254 e. The largest absolute Gasteiger partial charge is 0.345 e. The van der Waals surface area contributed by atoms with Gasteiger partial charge in [-0.25, -0.2) is 0 Å². The number of piperidine rings is 1. The molecule has 1 aliphatic rings. The molecule has 0 unspecified atom stereocenters. The van der Waals surface area contributed by atoms with Crippen LogP contribution in [0.15, 0.2) is 24.3 Å². The molecule has 0 bridgehead atoms. The lowest BCUT2D eigenvalue weighted by atomic mass is 10.0. The number of amides is 2. The fourth-order valence-corrected chi connectivity index (χ4v) is 3.02. The third kappa shape index (κ3) is 4.32. The van der Waals surface area contributed by atoms with Crippen molar-refractivity contribution in [1.82, 2.24) is 15.1 Å². The Morgan fingerprint density at radius 3 is 2.30 bits per heavy atom. The molecule has 5 nitrogen and oxygen atoms in total. The molecular weight excluding hydrogens is 290 g/mol. The third-order valence-electron chi connectivity index (χ3n) is 4.24. The fraction of sp³-hybridized carbons (Fsp3) is 0.556. The molecule has 1 N–H and O–H groups in total. The average Bonchev–Trinajstić information content (AvgIpc) is 2.59. The molecule has 0 radical (unpaired) electrons. The first kappa shape index (κ1) is 17.5. The summed E-state index contributed by atoms with van der Waals surface area (Å²) in [5, 5.41) is 3.34. The van der Waals surface area contributed by atoms with E-state index in [-0.39, 0.29) is 17.9 Å². The van der Waals surface area contributed by atoms with Crippen LogP contribution in [0.1, 0.15) is 46.9 Å². The Bertz CT molecular complexity index is 551. The Kier molecular flexibility index (Phi) is 6.16. The van der Waals surface area contributed by atoms with Gasteiger partial charge in [0.25, 0.3) is 11.8 Å². The highest BCUT2D eigenvalue weighted by Crippen LogP contribution is 2.17. The SMILES string of the molecule is CCCN(C(=O)c1cccc(C(=O)N(C)C)c1)C1CCNCC1. The molecule has 2 amide bonds. The third-order valence-corrected chi connectivity index (χ3v) is 4.24. The van der Waals surface area contributed by atoms with E-state index in [1.165, 1.54) is 4.90 Å². The summed E-state index contributed by atoms with van der Waals surface area (Å²) in [5.41, 5.74) is 1.16. The van der Waals surface area contributed by atoms with Crippen molar-refractivity contribution >= 4 is 11.8 Å². The maximum absolute atomic E-state index is 13.0. The Balaban J connectivity index is 2.22. The molecule has 0 atom stereocenters. The van der Waals surface area contributed by atoms with Gasteiger partial charge in [0.1, 0.15) is 0 Å². The standard InChI is InChI=1S/C18H27N3O2/c1-4-12-21(16-8-10-19-11-9-16)18(23)15-7-5-6-14(13-15)17(22)20(2)3/h5-7,13,16,19H,4,8-12H2,1-3H3. The first-order chi connectivity index (χ1) is 11.0. The molecule has 1 aliphatic heterocycles. The number of rotatable bonds is 5. The van der Waals surface area contributed by atoms with Gasteiger partial charge < -0.3 is 15.1 Å². The highest BCUT2D eigenvalue weighted by molar-refractivity contribution is 5.99. The number of benzene rings is 1. The number of hydrogen-bond acceptors (Lipinski definition) is 3. The Morgan fingerprint density at radius 1 is 1.13 bits per heavy atom. The van der Waals surface area contributed by atoms with Crippen LogP contribution in [0.2, 0.25) is 0 Å². The zero-order valence-electron chi connectivity index (χ0n) is 14.3. The van der Waals surface area contributed by atoms with Gasteiger partial charge >= 0.3 is 0 Å². The molecular formula is C18H27N3O2. The van der Waals surface area contributed by atoms with Crippen LogP contribution in [0.5, 0.6) is 0 Å². The summed E-state index contributed by atoms with van der Waals surface area (Å²) < 4.78 is 0. The van der Waals surface area contributed by atoms with Crippen molar-refractivity contribution in [2.24, 2.45) is 0 Å². The topological polar surface area (TPSA) is 52.7 Å². The first-order valence-corrected chi connectivity index (χ1v) is 8.38. The van der Waals surface area contributed by atoms with Gasteiger partial charge in [-0.2, -0.15) is 0 Å². The van der Waals surface area contributed by atoms with Crippen LogP contribution in [-0.2, 0) is 0 Å².